The lowest BCUT2D eigenvalue weighted by atomic mass is 10.0. The first kappa shape index (κ1) is 19.8. The Morgan fingerprint density at radius 1 is 1.04 bits per heavy atom. The molecule has 3 rings (SSSR count). The molecule has 1 aromatic rings. The molecule has 0 bridgehead atoms. The van der Waals surface area contributed by atoms with E-state index in [0.717, 1.165) is 32.7 Å². The molecule has 0 spiro atoms. The highest BCUT2D eigenvalue weighted by atomic mass is 16.4. The van der Waals surface area contributed by atoms with Gasteiger partial charge in [0.15, 0.2) is 0 Å². The molecule has 2 aliphatic rings. The third kappa shape index (κ3) is 5.30. The van der Waals surface area contributed by atoms with Crippen LogP contribution in [0.1, 0.15) is 37.3 Å². The van der Waals surface area contributed by atoms with Crippen LogP contribution >= 0.6 is 0 Å². The van der Waals surface area contributed by atoms with Gasteiger partial charge in [-0.25, -0.2) is 0 Å². The van der Waals surface area contributed by atoms with E-state index in [1.165, 1.54) is 11.1 Å². The summed E-state index contributed by atoms with van der Waals surface area (Å²) in [7, 11) is 0. The molecule has 2 saturated heterocycles. The Bertz CT molecular complexity index is 651. The molecule has 0 aromatic heterocycles. The van der Waals surface area contributed by atoms with Gasteiger partial charge in [-0.2, -0.15) is 0 Å². The van der Waals surface area contributed by atoms with E-state index in [-0.39, 0.29) is 11.8 Å². The number of hydrogen-bond acceptors (Lipinski definition) is 4. The van der Waals surface area contributed by atoms with Crippen LogP contribution in [0.5, 0.6) is 0 Å². The second kappa shape index (κ2) is 8.85. The van der Waals surface area contributed by atoms with Crippen molar-refractivity contribution in [2.24, 2.45) is 5.92 Å². The van der Waals surface area contributed by atoms with Gasteiger partial charge in [-0.05, 0) is 30.0 Å². The normalized spacial score (nSPS) is 21.7. The second-order valence-corrected chi connectivity index (χ2v) is 8.11. The molecule has 0 radical (unpaired) electrons. The highest BCUT2D eigenvalue weighted by molar-refractivity contribution is 5.78. The summed E-state index contributed by atoms with van der Waals surface area (Å²) in [5.41, 5.74) is 2.68. The molecular formula is C21H31N3O3. The van der Waals surface area contributed by atoms with E-state index in [0.29, 0.717) is 32.0 Å². The fourth-order valence-corrected chi connectivity index (χ4v) is 3.89. The minimum atomic E-state index is -0.750. The van der Waals surface area contributed by atoms with Gasteiger partial charge >= 0.3 is 5.97 Å². The molecule has 0 aliphatic carbocycles. The summed E-state index contributed by atoms with van der Waals surface area (Å²) in [5, 5.41) is 9.08. The Hall–Kier alpha value is -1.92. The molecule has 2 fully saturated rings. The molecule has 1 atom stereocenters. The molecule has 148 valence electrons. The van der Waals surface area contributed by atoms with Crippen LogP contribution in [0.2, 0.25) is 0 Å². The Labute approximate surface area is 161 Å². The third-order valence-electron chi connectivity index (χ3n) is 5.76. The lowest BCUT2D eigenvalue weighted by Gasteiger charge is -2.35. The molecule has 1 aromatic carbocycles. The zero-order valence-corrected chi connectivity index (χ0v) is 16.4. The maximum absolute atomic E-state index is 12.5. The second-order valence-electron chi connectivity index (χ2n) is 8.11. The average Bonchev–Trinajstić information content (AvgIpc) is 3.11. The van der Waals surface area contributed by atoms with Crippen LogP contribution in [0.4, 0.5) is 0 Å². The lowest BCUT2D eigenvalue weighted by Crippen LogP contribution is -2.50. The van der Waals surface area contributed by atoms with Gasteiger partial charge in [-0.15, -0.1) is 0 Å². The van der Waals surface area contributed by atoms with Crippen LogP contribution in [0, 0.1) is 5.92 Å². The number of likely N-dealkylation sites (tertiary alicyclic amines) is 1. The van der Waals surface area contributed by atoms with E-state index in [2.05, 4.69) is 43.0 Å². The molecule has 1 unspecified atom stereocenters. The van der Waals surface area contributed by atoms with Gasteiger partial charge in [0.25, 0.3) is 0 Å². The van der Waals surface area contributed by atoms with Crippen molar-refractivity contribution in [1.29, 1.82) is 0 Å². The van der Waals surface area contributed by atoms with Crippen molar-refractivity contribution in [2.45, 2.75) is 32.7 Å². The van der Waals surface area contributed by atoms with Crippen LogP contribution in [0.15, 0.2) is 24.3 Å². The van der Waals surface area contributed by atoms with Gasteiger partial charge in [-0.3, -0.25) is 19.4 Å². The maximum Gasteiger partial charge on any atom is 0.307 e. The van der Waals surface area contributed by atoms with Crippen molar-refractivity contribution in [2.75, 3.05) is 45.8 Å². The Kier molecular flexibility index (Phi) is 6.50. The van der Waals surface area contributed by atoms with Crippen molar-refractivity contribution >= 4 is 11.9 Å². The summed E-state index contributed by atoms with van der Waals surface area (Å²) in [6, 6.07) is 8.83. The number of carbonyl (C=O) groups is 2. The average molecular weight is 373 g/mol. The molecule has 2 aliphatic heterocycles. The summed E-state index contributed by atoms with van der Waals surface area (Å²) < 4.78 is 0. The van der Waals surface area contributed by atoms with Gasteiger partial charge < -0.3 is 10.0 Å². The van der Waals surface area contributed by atoms with Gasteiger partial charge in [0.1, 0.15) is 0 Å². The number of amides is 1. The topological polar surface area (TPSA) is 64.1 Å². The number of carbonyl (C=O) groups excluding carboxylic acids is 1. The van der Waals surface area contributed by atoms with Gasteiger partial charge in [0.2, 0.25) is 5.91 Å². The highest BCUT2D eigenvalue weighted by Gasteiger charge is 2.30. The molecule has 1 N–H and O–H groups in total. The number of nitrogens with zero attached hydrogens (tertiary/aromatic N) is 3. The summed E-state index contributed by atoms with van der Waals surface area (Å²) in [5.74, 6) is -0.395. The Morgan fingerprint density at radius 2 is 1.70 bits per heavy atom. The van der Waals surface area contributed by atoms with Crippen LogP contribution in [-0.2, 0) is 16.1 Å². The van der Waals surface area contributed by atoms with Gasteiger partial charge in [0.05, 0.1) is 12.5 Å². The van der Waals surface area contributed by atoms with E-state index >= 15 is 0 Å². The van der Waals surface area contributed by atoms with Crippen molar-refractivity contribution in [3.8, 4) is 0 Å². The molecule has 0 saturated carbocycles. The smallest absolute Gasteiger partial charge is 0.307 e. The third-order valence-corrected chi connectivity index (χ3v) is 5.76. The van der Waals surface area contributed by atoms with E-state index in [4.69, 9.17) is 5.11 Å². The predicted octanol–water partition coefficient (Wildman–Crippen LogP) is 1.86. The maximum atomic E-state index is 12.5. The van der Waals surface area contributed by atoms with E-state index in [1.807, 2.05) is 9.80 Å². The molecule has 27 heavy (non-hydrogen) atoms. The summed E-state index contributed by atoms with van der Waals surface area (Å²) >= 11 is 0. The number of aliphatic carboxylic acids is 1. The van der Waals surface area contributed by atoms with Crippen molar-refractivity contribution in [3.05, 3.63) is 35.4 Å². The molecular weight excluding hydrogens is 342 g/mol. The Balaban J connectivity index is 1.42. The van der Waals surface area contributed by atoms with Crippen LogP contribution in [-0.4, -0.2) is 77.5 Å². The fourth-order valence-electron chi connectivity index (χ4n) is 3.89. The van der Waals surface area contributed by atoms with E-state index in [9.17, 15) is 9.59 Å². The standard InChI is InChI=1S/C21H31N3O3/c1-16(2)18-5-3-17(4-6-18)13-22-9-11-24(12-10-22)20(25)15-23-8-7-19(14-23)21(26)27/h3-6,16,19H,7-15H2,1-2H3,(H,26,27). The number of benzene rings is 1. The predicted molar refractivity (Wildman–Crippen MR) is 105 cm³/mol. The molecule has 2 heterocycles. The minimum absolute atomic E-state index is 0.127. The minimum Gasteiger partial charge on any atom is -0.481 e. The molecule has 1 amide bonds. The first-order valence-electron chi connectivity index (χ1n) is 9.96. The number of rotatable bonds is 6. The zero-order chi connectivity index (χ0) is 19.4. The number of carboxylic acids is 1. The highest BCUT2D eigenvalue weighted by Crippen LogP contribution is 2.18. The summed E-state index contributed by atoms with van der Waals surface area (Å²) in [6.07, 6.45) is 0.645. The van der Waals surface area contributed by atoms with Crippen LogP contribution in [0.3, 0.4) is 0 Å². The van der Waals surface area contributed by atoms with Crippen molar-refractivity contribution < 1.29 is 14.7 Å². The zero-order valence-electron chi connectivity index (χ0n) is 16.4. The first-order valence-corrected chi connectivity index (χ1v) is 9.96. The number of hydrogen-bond donors (Lipinski definition) is 1. The van der Waals surface area contributed by atoms with Gasteiger partial charge in [-0.1, -0.05) is 38.1 Å². The number of piperazine rings is 1. The van der Waals surface area contributed by atoms with Crippen molar-refractivity contribution in [1.82, 2.24) is 14.7 Å². The SMILES string of the molecule is CC(C)c1ccc(CN2CCN(C(=O)CN3CCC(C(=O)O)C3)CC2)cc1. The lowest BCUT2D eigenvalue weighted by molar-refractivity contribution is -0.141. The largest absolute Gasteiger partial charge is 0.481 e. The monoisotopic (exact) mass is 373 g/mol. The Morgan fingerprint density at radius 3 is 2.26 bits per heavy atom. The van der Waals surface area contributed by atoms with Crippen LogP contribution < -0.4 is 0 Å². The van der Waals surface area contributed by atoms with E-state index in [1.54, 1.807) is 0 Å². The summed E-state index contributed by atoms with van der Waals surface area (Å²) in [6.45, 7) is 10.1. The van der Waals surface area contributed by atoms with Gasteiger partial charge in [0, 0.05) is 39.3 Å². The van der Waals surface area contributed by atoms with E-state index < -0.39 is 5.97 Å². The first-order chi connectivity index (χ1) is 12.9. The number of carboxylic acid groups (broad SMARTS) is 1. The molecule has 6 nitrogen and oxygen atoms in total. The van der Waals surface area contributed by atoms with Crippen molar-refractivity contribution in [3.63, 3.8) is 0 Å². The summed E-state index contributed by atoms with van der Waals surface area (Å²) in [4.78, 5) is 29.9. The van der Waals surface area contributed by atoms with Crippen LogP contribution in [0.25, 0.3) is 0 Å². The quantitative estimate of drug-likeness (QED) is 0.825. The molecule has 6 heteroatoms. The fraction of sp³-hybridized carbons (Fsp3) is 0.619.